The summed E-state index contributed by atoms with van der Waals surface area (Å²) in [6.07, 6.45) is 5.17. The van der Waals surface area contributed by atoms with E-state index in [9.17, 15) is 4.79 Å². The Kier molecular flexibility index (Phi) is 4.28. The monoisotopic (exact) mass is 396 g/mol. The van der Waals surface area contributed by atoms with E-state index in [1.54, 1.807) is 18.6 Å². The lowest BCUT2D eigenvalue weighted by atomic mass is 10.1. The summed E-state index contributed by atoms with van der Waals surface area (Å²) in [6.45, 7) is 3.71. The zero-order chi connectivity index (χ0) is 20.7. The molecule has 0 spiro atoms. The van der Waals surface area contributed by atoms with Crippen LogP contribution in [-0.2, 0) is 4.79 Å². The largest absolute Gasteiger partial charge is 0.353 e. The zero-order valence-electron chi connectivity index (χ0n) is 16.6. The zero-order valence-corrected chi connectivity index (χ0v) is 16.6. The minimum absolute atomic E-state index is 0.0431. The Morgan fingerprint density at radius 1 is 1.03 bits per heavy atom. The Bertz CT molecular complexity index is 1350. The summed E-state index contributed by atoms with van der Waals surface area (Å²) in [4.78, 5) is 24.2. The minimum Gasteiger partial charge on any atom is -0.353 e. The van der Waals surface area contributed by atoms with Crippen LogP contribution < -0.4 is 5.32 Å². The predicted octanol–water partition coefficient (Wildman–Crippen LogP) is 4.76. The van der Waals surface area contributed by atoms with Gasteiger partial charge in [0, 0.05) is 45.7 Å². The number of carbonyl (C=O) groups is 1. The Labute approximate surface area is 172 Å². The fourth-order valence-corrected chi connectivity index (χ4v) is 3.42. The number of amides is 1. The predicted molar refractivity (Wildman–Crippen MR) is 118 cm³/mol. The fraction of sp³-hybridized carbons (Fsp3) is 0.130. The van der Waals surface area contributed by atoms with Crippen LogP contribution in [0.2, 0.25) is 0 Å². The van der Waals surface area contributed by atoms with Crippen molar-refractivity contribution in [2.24, 2.45) is 5.92 Å². The second-order valence-electron chi connectivity index (χ2n) is 7.57. The molecule has 0 aliphatic heterocycles. The van der Waals surface area contributed by atoms with E-state index in [2.05, 4.69) is 42.6 Å². The molecule has 30 heavy (non-hydrogen) atoms. The molecule has 0 atom stereocenters. The van der Waals surface area contributed by atoms with Crippen LogP contribution in [0.3, 0.4) is 0 Å². The van der Waals surface area contributed by atoms with E-state index in [1.807, 2.05) is 44.2 Å². The number of hydrogen-bond donors (Lipinski definition) is 3. The van der Waals surface area contributed by atoms with Gasteiger partial charge in [0.05, 0.1) is 23.3 Å². The topological polar surface area (TPSA) is 99.3 Å². The first-order valence-electron chi connectivity index (χ1n) is 9.77. The van der Waals surface area contributed by atoms with Crippen LogP contribution in [0.4, 0.5) is 5.69 Å². The Hall–Kier alpha value is -4.00. The van der Waals surface area contributed by atoms with Crippen LogP contribution in [0.5, 0.6) is 0 Å². The molecule has 0 aliphatic carbocycles. The number of nitrogens with one attached hydrogen (secondary N) is 3. The number of nitrogens with zero attached hydrogens (tertiary/aromatic N) is 3. The van der Waals surface area contributed by atoms with Gasteiger partial charge in [0.25, 0.3) is 0 Å². The Morgan fingerprint density at radius 2 is 1.87 bits per heavy atom. The average molecular weight is 396 g/mol. The number of aromatic amines is 2. The number of benzene rings is 1. The lowest BCUT2D eigenvalue weighted by Crippen LogP contribution is -2.17. The van der Waals surface area contributed by atoms with E-state index in [1.165, 1.54) is 0 Å². The number of hydrogen-bond acceptors (Lipinski definition) is 4. The van der Waals surface area contributed by atoms with Crippen molar-refractivity contribution < 1.29 is 4.79 Å². The van der Waals surface area contributed by atoms with Crippen molar-refractivity contribution in [3.05, 3.63) is 61.1 Å². The molecule has 7 heteroatoms. The molecule has 0 unspecified atom stereocenters. The molecule has 7 nitrogen and oxygen atoms in total. The maximum absolute atomic E-state index is 12.0. The van der Waals surface area contributed by atoms with E-state index in [-0.39, 0.29) is 11.8 Å². The highest BCUT2D eigenvalue weighted by Gasteiger charge is 2.13. The third-order valence-corrected chi connectivity index (χ3v) is 5.07. The molecule has 5 rings (SSSR count). The Morgan fingerprint density at radius 3 is 2.70 bits per heavy atom. The van der Waals surface area contributed by atoms with Crippen LogP contribution >= 0.6 is 0 Å². The summed E-state index contributed by atoms with van der Waals surface area (Å²) >= 11 is 0. The minimum atomic E-state index is -0.100. The normalized spacial score (nSPS) is 11.4. The first-order valence-corrected chi connectivity index (χ1v) is 9.77. The van der Waals surface area contributed by atoms with Gasteiger partial charge in [-0.25, -0.2) is 4.98 Å². The fourth-order valence-electron chi connectivity index (χ4n) is 3.42. The number of anilines is 1. The van der Waals surface area contributed by atoms with Crippen molar-refractivity contribution in [2.45, 2.75) is 13.8 Å². The lowest BCUT2D eigenvalue weighted by molar-refractivity contribution is -0.118. The molecule has 1 amide bonds. The smallest absolute Gasteiger partial charge is 0.226 e. The van der Waals surface area contributed by atoms with Gasteiger partial charge in [-0.1, -0.05) is 32.0 Å². The summed E-state index contributed by atoms with van der Waals surface area (Å²) in [7, 11) is 0. The maximum atomic E-state index is 12.0. The number of pyridine rings is 2. The molecule has 3 N–H and O–H groups in total. The van der Waals surface area contributed by atoms with Gasteiger partial charge in [0.2, 0.25) is 5.91 Å². The number of aromatic nitrogens is 5. The van der Waals surface area contributed by atoms with Crippen molar-refractivity contribution in [2.75, 3.05) is 5.32 Å². The number of rotatable bonds is 4. The summed E-state index contributed by atoms with van der Waals surface area (Å²) < 4.78 is 0. The van der Waals surface area contributed by atoms with Gasteiger partial charge in [-0.15, -0.1) is 0 Å². The second-order valence-corrected chi connectivity index (χ2v) is 7.57. The molecule has 148 valence electrons. The molecule has 0 saturated heterocycles. The highest BCUT2D eigenvalue weighted by atomic mass is 16.1. The standard InChI is InChI=1S/C23H20N6O/c1-13(2)23(30)26-17-7-15(10-24-12-17)16-8-18-21(28-29-22(18)25-11-16)20-9-14-5-3-4-6-19(14)27-20/h3-13,27H,1-2H3,(H,26,30)(H,25,28,29). The first kappa shape index (κ1) is 18.1. The third kappa shape index (κ3) is 3.20. The molecule has 0 bridgehead atoms. The maximum Gasteiger partial charge on any atom is 0.226 e. The van der Waals surface area contributed by atoms with Gasteiger partial charge < -0.3 is 10.3 Å². The van der Waals surface area contributed by atoms with Crippen LogP contribution in [0.15, 0.2) is 61.1 Å². The van der Waals surface area contributed by atoms with Gasteiger partial charge in [-0.2, -0.15) is 5.10 Å². The molecule has 5 aromatic rings. The summed E-state index contributed by atoms with van der Waals surface area (Å²) in [5.74, 6) is -0.144. The second kappa shape index (κ2) is 7.11. The summed E-state index contributed by atoms with van der Waals surface area (Å²) in [5.41, 5.74) is 5.97. The van der Waals surface area contributed by atoms with Gasteiger partial charge in [0.15, 0.2) is 5.65 Å². The van der Waals surface area contributed by atoms with Crippen molar-refractivity contribution >= 4 is 33.5 Å². The average Bonchev–Trinajstić information content (AvgIpc) is 3.37. The number of para-hydroxylation sites is 1. The van der Waals surface area contributed by atoms with E-state index >= 15 is 0 Å². The quantitative estimate of drug-likeness (QED) is 0.408. The first-order chi connectivity index (χ1) is 14.6. The van der Waals surface area contributed by atoms with Gasteiger partial charge >= 0.3 is 0 Å². The molecular weight excluding hydrogens is 376 g/mol. The summed E-state index contributed by atoms with van der Waals surface area (Å²) in [6, 6.07) is 14.2. The Balaban J connectivity index is 1.55. The lowest BCUT2D eigenvalue weighted by Gasteiger charge is -2.09. The van der Waals surface area contributed by atoms with E-state index in [4.69, 9.17) is 0 Å². The molecule has 0 aliphatic rings. The number of H-pyrrole nitrogens is 2. The third-order valence-electron chi connectivity index (χ3n) is 5.07. The van der Waals surface area contributed by atoms with E-state index in [0.717, 1.165) is 38.8 Å². The van der Waals surface area contributed by atoms with Crippen molar-refractivity contribution in [1.29, 1.82) is 0 Å². The van der Waals surface area contributed by atoms with Gasteiger partial charge in [0.1, 0.15) is 0 Å². The van der Waals surface area contributed by atoms with Crippen LogP contribution in [0, 0.1) is 5.92 Å². The van der Waals surface area contributed by atoms with Crippen molar-refractivity contribution in [1.82, 2.24) is 25.1 Å². The molecule has 0 saturated carbocycles. The van der Waals surface area contributed by atoms with Crippen LogP contribution in [0.25, 0.3) is 44.5 Å². The SMILES string of the molecule is CC(C)C(=O)Nc1cncc(-c2cnc3n[nH]c(-c4cc5ccccc5[nH]4)c3c2)c1. The number of carbonyl (C=O) groups excluding carboxylic acids is 1. The van der Waals surface area contributed by atoms with Crippen LogP contribution in [0.1, 0.15) is 13.8 Å². The van der Waals surface area contributed by atoms with Crippen LogP contribution in [-0.4, -0.2) is 31.1 Å². The molecule has 4 heterocycles. The molecule has 4 aromatic heterocycles. The molecular formula is C23H20N6O. The summed E-state index contributed by atoms with van der Waals surface area (Å²) in [5, 5.41) is 12.4. The highest BCUT2D eigenvalue weighted by molar-refractivity contribution is 5.96. The molecule has 0 radical (unpaired) electrons. The van der Waals surface area contributed by atoms with Crippen molar-refractivity contribution in [3.63, 3.8) is 0 Å². The molecule has 0 fully saturated rings. The van der Waals surface area contributed by atoms with Gasteiger partial charge in [-0.05, 0) is 24.3 Å². The van der Waals surface area contributed by atoms with Gasteiger partial charge in [-0.3, -0.25) is 14.9 Å². The van der Waals surface area contributed by atoms with E-state index in [0.29, 0.717) is 11.3 Å². The van der Waals surface area contributed by atoms with E-state index < -0.39 is 0 Å². The molecule has 1 aromatic carbocycles. The highest BCUT2D eigenvalue weighted by Crippen LogP contribution is 2.31. The van der Waals surface area contributed by atoms with Crippen molar-refractivity contribution in [3.8, 4) is 22.5 Å². The number of fused-ring (bicyclic) bond motifs is 2.